The molecule has 0 fully saturated rings. The highest BCUT2D eigenvalue weighted by atomic mass is 28.4. The highest BCUT2D eigenvalue weighted by Crippen LogP contribution is 2.40. The summed E-state index contributed by atoms with van der Waals surface area (Å²) in [6.45, 7) is 25.6. The van der Waals surface area contributed by atoms with Crippen molar-refractivity contribution < 1.29 is 13.6 Å². The van der Waals surface area contributed by atoms with Gasteiger partial charge >= 0.3 is 0 Å². The Hall–Kier alpha value is -1.28. The van der Waals surface area contributed by atoms with Crippen LogP contribution in [0.1, 0.15) is 99.0 Å². The molecular weight excluding hydrogens is 466 g/mol. The van der Waals surface area contributed by atoms with E-state index < -0.39 is 16.6 Å². The normalized spacial score (nSPS) is 13.7. The Morgan fingerprint density at radius 3 is 1.91 bits per heavy atom. The molecular formula is C29H55NO3Si2. The summed E-state index contributed by atoms with van der Waals surface area (Å²) in [5.74, 6) is 2.54. The molecule has 0 saturated heterocycles. The van der Waals surface area contributed by atoms with Gasteiger partial charge in [0.2, 0.25) is 0 Å². The first kappa shape index (κ1) is 31.8. The van der Waals surface area contributed by atoms with Crippen LogP contribution in [0.5, 0.6) is 11.5 Å². The van der Waals surface area contributed by atoms with E-state index in [-0.39, 0.29) is 10.1 Å². The molecule has 1 aromatic rings. The standard InChI is InChI=1S/C29H55NO3Si2/c1-13-14-15-16-17-18-19-27(33-35(11,12)29(5,6)7)30-23-24-20-21-25(26(22-24)31-8)32-34(9,10)28(2,3)4/h20-22H,13-19,23H2,1-12H3. The van der Waals surface area contributed by atoms with Crippen LogP contribution >= 0.6 is 0 Å². The molecule has 0 saturated carbocycles. The number of rotatable bonds is 13. The van der Waals surface area contributed by atoms with Crippen molar-refractivity contribution in [3.8, 4) is 11.5 Å². The van der Waals surface area contributed by atoms with Crippen molar-refractivity contribution >= 4 is 22.5 Å². The first-order valence-electron chi connectivity index (χ1n) is 13.6. The summed E-state index contributed by atoms with van der Waals surface area (Å²) in [5, 5.41) is 0.286. The van der Waals surface area contributed by atoms with Crippen LogP contribution in [0.15, 0.2) is 23.2 Å². The topological polar surface area (TPSA) is 40.0 Å². The second-order valence-corrected chi connectivity index (χ2v) is 22.4. The van der Waals surface area contributed by atoms with Gasteiger partial charge in [0.1, 0.15) is 5.75 Å². The van der Waals surface area contributed by atoms with E-state index in [9.17, 15) is 0 Å². The molecule has 0 spiro atoms. The predicted molar refractivity (Wildman–Crippen MR) is 158 cm³/mol. The summed E-state index contributed by atoms with van der Waals surface area (Å²) < 4.78 is 18.9. The minimum atomic E-state index is -1.94. The maximum atomic E-state index is 6.67. The van der Waals surface area contributed by atoms with Crippen molar-refractivity contribution in [1.82, 2.24) is 0 Å². The first-order chi connectivity index (χ1) is 16.0. The van der Waals surface area contributed by atoms with Crippen molar-refractivity contribution in [3.63, 3.8) is 0 Å². The van der Waals surface area contributed by atoms with Crippen molar-refractivity contribution in [2.75, 3.05) is 7.11 Å². The highest BCUT2D eigenvalue weighted by molar-refractivity contribution is 6.75. The van der Waals surface area contributed by atoms with E-state index in [2.05, 4.69) is 86.8 Å². The van der Waals surface area contributed by atoms with Gasteiger partial charge in [-0.2, -0.15) is 0 Å². The van der Waals surface area contributed by atoms with Gasteiger partial charge in [0.25, 0.3) is 16.6 Å². The largest absolute Gasteiger partial charge is 0.541 e. The van der Waals surface area contributed by atoms with Crippen LogP contribution in [0.3, 0.4) is 0 Å². The number of unbranched alkanes of at least 4 members (excludes halogenated alkanes) is 5. The molecule has 0 N–H and O–H groups in total. The zero-order valence-electron chi connectivity index (χ0n) is 25.1. The number of benzene rings is 1. The molecule has 4 nitrogen and oxygen atoms in total. The lowest BCUT2D eigenvalue weighted by Crippen LogP contribution is -2.43. The Labute approximate surface area is 219 Å². The van der Waals surface area contributed by atoms with Crippen LogP contribution in [-0.2, 0) is 11.0 Å². The quantitative estimate of drug-likeness (QED) is 0.112. The van der Waals surface area contributed by atoms with Gasteiger partial charge in [-0.05, 0) is 60.4 Å². The monoisotopic (exact) mass is 521 g/mol. The molecule has 0 aromatic heterocycles. The van der Waals surface area contributed by atoms with E-state index in [0.717, 1.165) is 35.8 Å². The van der Waals surface area contributed by atoms with Crippen molar-refractivity contribution in [3.05, 3.63) is 23.8 Å². The van der Waals surface area contributed by atoms with Gasteiger partial charge in [0.15, 0.2) is 11.6 Å². The maximum absolute atomic E-state index is 6.67. The van der Waals surface area contributed by atoms with Crippen molar-refractivity contribution in [2.45, 2.75) is 136 Å². The predicted octanol–water partition coefficient (Wildman–Crippen LogP) is 9.75. The van der Waals surface area contributed by atoms with E-state index in [1.807, 2.05) is 6.07 Å². The third-order valence-corrected chi connectivity index (χ3v) is 16.5. The molecule has 0 unspecified atom stereocenters. The molecule has 0 aliphatic rings. The van der Waals surface area contributed by atoms with E-state index in [4.69, 9.17) is 18.6 Å². The van der Waals surface area contributed by atoms with E-state index in [1.54, 1.807) is 7.11 Å². The van der Waals surface area contributed by atoms with Crippen molar-refractivity contribution in [2.24, 2.45) is 4.99 Å². The number of nitrogens with zero attached hydrogens (tertiary/aromatic N) is 1. The molecule has 1 aromatic carbocycles. The summed E-state index contributed by atoms with van der Waals surface area (Å²) in [7, 11) is -2.16. The summed E-state index contributed by atoms with van der Waals surface area (Å²) in [4.78, 5) is 4.99. The molecule has 0 atom stereocenters. The SMILES string of the molecule is CCCCCCCCC(=NCc1ccc(O[Si](C)(C)C(C)(C)C)c(OC)c1)O[Si](C)(C)C(C)(C)C. The van der Waals surface area contributed by atoms with Gasteiger partial charge in [0, 0.05) is 6.42 Å². The highest BCUT2D eigenvalue weighted by Gasteiger charge is 2.40. The molecule has 0 amide bonds. The first-order valence-corrected chi connectivity index (χ1v) is 19.4. The van der Waals surface area contributed by atoms with Crippen LogP contribution in [0.25, 0.3) is 0 Å². The Kier molecular flexibility index (Phi) is 12.1. The lowest BCUT2D eigenvalue weighted by molar-refractivity contribution is 0.385. The second-order valence-electron chi connectivity index (χ2n) is 12.9. The van der Waals surface area contributed by atoms with Crippen LogP contribution in [-0.4, -0.2) is 29.6 Å². The fourth-order valence-corrected chi connectivity index (χ4v) is 5.26. The molecule has 0 radical (unpaired) electrons. The van der Waals surface area contributed by atoms with Gasteiger partial charge in [-0.3, -0.25) is 4.99 Å². The minimum absolute atomic E-state index is 0.132. The van der Waals surface area contributed by atoms with Crippen molar-refractivity contribution in [1.29, 1.82) is 0 Å². The number of hydrogen-bond acceptors (Lipinski definition) is 4. The number of methoxy groups -OCH3 is 1. The average Bonchev–Trinajstić information content (AvgIpc) is 2.73. The Morgan fingerprint density at radius 1 is 0.800 bits per heavy atom. The summed E-state index contributed by atoms with van der Waals surface area (Å²) in [5.41, 5.74) is 1.11. The second kappa shape index (κ2) is 13.3. The molecule has 0 heterocycles. The van der Waals surface area contributed by atoms with Gasteiger partial charge in [-0.15, -0.1) is 0 Å². The summed E-state index contributed by atoms with van der Waals surface area (Å²) in [6, 6.07) is 6.23. The number of hydrogen-bond donors (Lipinski definition) is 0. The summed E-state index contributed by atoms with van der Waals surface area (Å²) >= 11 is 0. The smallest absolute Gasteiger partial charge is 0.252 e. The molecule has 0 aliphatic carbocycles. The third kappa shape index (κ3) is 10.3. The molecule has 0 aliphatic heterocycles. The maximum Gasteiger partial charge on any atom is 0.252 e. The van der Waals surface area contributed by atoms with Gasteiger partial charge in [-0.1, -0.05) is 86.6 Å². The fraction of sp³-hybridized carbons (Fsp3) is 0.759. The van der Waals surface area contributed by atoms with Crippen LogP contribution in [0.2, 0.25) is 36.3 Å². The van der Waals surface area contributed by atoms with Crippen LogP contribution in [0, 0.1) is 0 Å². The fourth-order valence-electron chi connectivity index (χ4n) is 3.17. The Morgan fingerprint density at radius 2 is 1.37 bits per heavy atom. The molecule has 1 rings (SSSR count). The molecule has 0 bridgehead atoms. The third-order valence-electron chi connectivity index (χ3n) is 7.76. The van der Waals surface area contributed by atoms with E-state index in [1.165, 1.54) is 32.1 Å². The Balaban J connectivity index is 3.03. The number of ether oxygens (including phenoxy) is 1. The molecule has 35 heavy (non-hydrogen) atoms. The minimum Gasteiger partial charge on any atom is -0.541 e. The number of aliphatic imine (C=N–C) groups is 1. The van der Waals surface area contributed by atoms with Gasteiger partial charge in [-0.25, -0.2) is 0 Å². The lowest BCUT2D eigenvalue weighted by Gasteiger charge is -2.37. The Bertz CT molecular complexity index is 805. The summed E-state index contributed by atoms with van der Waals surface area (Å²) in [6.07, 6.45) is 8.54. The van der Waals surface area contributed by atoms with E-state index in [0.29, 0.717) is 6.54 Å². The molecule has 6 heteroatoms. The molecule has 202 valence electrons. The van der Waals surface area contributed by atoms with E-state index >= 15 is 0 Å². The zero-order chi connectivity index (χ0) is 26.9. The lowest BCUT2D eigenvalue weighted by atomic mass is 10.1. The van der Waals surface area contributed by atoms with Crippen LogP contribution in [0.4, 0.5) is 0 Å². The van der Waals surface area contributed by atoms with Gasteiger partial charge < -0.3 is 13.6 Å². The van der Waals surface area contributed by atoms with Crippen LogP contribution < -0.4 is 9.16 Å². The van der Waals surface area contributed by atoms with Gasteiger partial charge in [0.05, 0.1) is 13.7 Å². The average molecular weight is 522 g/mol. The zero-order valence-corrected chi connectivity index (χ0v) is 27.1.